The number of likely N-dealkylation sites (N-methyl/N-ethyl adjacent to an activating group) is 1. The molecule has 3 rings (SSSR count). The largest absolute Gasteiger partial charge is 0.354 e. The van der Waals surface area contributed by atoms with Crippen molar-refractivity contribution in [2.45, 2.75) is 31.7 Å². The van der Waals surface area contributed by atoms with E-state index in [0.29, 0.717) is 24.5 Å². The molecule has 0 aromatic carbocycles. The first-order valence-electron chi connectivity index (χ1n) is 9.62. The number of likely N-dealkylation sites (tertiary alicyclic amines) is 1. The Bertz CT molecular complexity index is 658. The molecule has 0 saturated carbocycles. The molecule has 2 aliphatic rings. The first-order valence-corrected chi connectivity index (χ1v) is 10.5. The van der Waals surface area contributed by atoms with E-state index in [1.54, 1.807) is 13.1 Å². The zero-order valence-electron chi connectivity index (χ0n) is 15.8. The molecule has 2 N–H and O–H groups in total. The van der Waals surface area contributed by atoms with Crippen molar-refractivity contribution in [2.75, 3.05) is 39.8 Å². The van der Waals surface area contributed by atoms with E-state index in [2.05, 4.69) is 10.6 Å². The Morgan fingerprint density at radius 3 is 2.89 bits per heavy atom. The summed E-state index contributed by atoms with van der Waals surface area (Å²) in [4.78, 5) is 41.0. The minimum atomic E-state index is -0.122. The number of hydrogen-bond acceptors (Lipinski definition) is 5. The van der Waals surface area contributed by atoms with Crippen LogP contribution >= 0.6 is 11.3 Å². The quantitative estimate of drug-likeness (QED) is 0.755. The van der Waals surface area contributed by atoms with Gasteiger partial charge >= 0.3 is 0 Å². The molecule has 3 amide bonds. The van der Waals surface area contributed by atoms with Gasteiger partial charge in [-0.15, -0.1) is 11.3 Å². The van der Waals surface area contributed by atoms with Gasteiger partial charge in [0, 0.05) is 26.7 Å². The first kappa shape index (κ1) is 19.8. The Morgan fingerprint density at radius 2 is 2.19 bits per heavy atom. The minimum Gasteiger partial charge on any atom is -0.354 e. The summed E-state index contributed by atoms with van der Waals surface area (Å²) >= 11 is 1.38. The van der Waals surface area contributed by atoms with E-state index in [4.69, 9.17) is 0 Å². The third-order valence-corrected chi connectivity index (χ3v) is 6.12. The summed E-state index contributed by atoms with van der Waals surface area (Å²) in [6, 6.07) is 3.54. The third kappa shape index (κ3) is 5.29. The van der Waals surface area contributed by atoms with Crippen LogP contribution < -0.4 is 10.6 Å². The van der Waals surface area contributed by atoms with Crippen molar-refractivity contribution < 1.29 is 14.4 Å². The molecule has 8 heteroatoms. The highest BCUT2D eigenvalue weighted by Gasteiger charge is 2.27. The van der Waals surface area contributed by atoms with Crippen molar-refractivity contribution in [3.63, 3.8) is 0 Å². The smallest absolute Gasteiger partial charge is 0.264 e. The van der Waals surface area contributed by atoms with E-state index in [0.717, 1.165) is 32.2 Å². The van der Waals surface area contributed by atoms with Gasteiger partial charge in [0.1, 0.15) is 0 Å². The van der Waals surface area contributed by atoms with Crippen LogP contribution in [0.3, 0.4) is 0 Å². The van der Waals surface area contributed by atoms with Gasteiger partial charge in [-0.2, -0.15) is 0 Å². The fraction of sp³-hybridized carbons (Fsp3) is 0.632. The average Bonchev–Trinajstić information content (AvgIpc) is 3.39. The van der Waals surface area contributed by atoms with Crippen LogP contribution in [-0.4, -0.2) is 73.3 Å². The second-order valence-corrected chi connectivity index (χ2v) is 8.33. The summed E-state index contributed by atoms with van der Waals surface area (Å²) in [5, 5.41) is 8.09. The molecule has 2 unspecified atom stereocenters. The Balaban J connectivity index is 1.44. The molecule has 0 aliphatic carbocycles. The highest BCUT2D eigenvalue weighted by atomic mass is 32.1. The molecule has 2 aliphatic heterocycles. The van der Waals surface area contributed by atoms with E-state index in [1.165, 1.54) is 16.2 Å². The van der Waals surface area contributed by atoms with Crippen molar-refractivity contribution in [1.29, 1.82) is 0 Å². The monoisotopic (exact) mass is 392 g/mol. The summed E-state index contributed by atoms with van der Waals surface area (Å²) in [7, 11) is 1.66. The van der Waals surface area contributed by atoms with E-state index in [9.17, 15) is 14.4 Å². The average molecular weight is 393 g/mol. The number of nitrogens with zero attached hydrogens (tertiary/aromatic N) is 2. The number of carbonyl (C=O) groups is 3. The third-order valence-electron chi connectivity index (χ3n) is 5.26. The second kappa shape index (κ2) is 9.32. The van der Waals surface area contributed by atoms with Gasteiger partial charge in [0.2, 0.25) is 11.8 Å². The highest BCUT2D eigenvalue weighted by molar-refractivity contribution is 7.12. The number of hydrogen-bond donors (Lipinski definition) is 2. The molecule has 148 valence electrons. The molecule has 1 aromatic heterocycles. The highest BCUT2D eigenvalue weighted by Crippen LogP contribution is 2.17. The summed E-state index contributed by atoms with van der Waals surface area (Å²) in [5.74, 6) is 0.183. The SMILES string of the molecule is CN(CC(=O)N1CCCC(CNC(=O)C2CCCN2)C1)C(=O)c1cccs1. The first-order chi connectivity index (χ1) is 13.0. The maximum atomic E-state index is 12.6. The van der Waals surface area contributed by atoms with Crippen molar-refractivity contribution in [3.05, 3.63) is 22.4 Å². The molecule has 0 radical (unpaired) electrons. The van der Waals surface area contributed by atoms with Gasteiger partial charge in [0.15, 0.2) is 0 Å². The molecule has 2 atom stereocenters. The molecule has 1 aromatic rings. The van der Waals surface area contributed by atoms with Gasteiger partial charge in [0.25, 0.3) is 5.91 Å². The number of thiophene rings is 1. The number of carbonyl (C=O) groups excluding carboxylic acids is 3. The lowest BCUT2D eigenvalue weighted by molar-refractivity contribution is -0.133. The maximum absolute atomic E-state index is 12.6. The lowest BCUT2D eigenvalue weighted by atomic mass is 9.97. The molecule has 27 heavy (non-hydrogen) atoms. The number of piperidine rings is 1. The van der Waals surface area contributed by atoms with E-state index in [1.807, 2.05) is 16.3 Å². The zero-order valence-corrected chi connectivity index (χ0v) is 16.6. The van der Waals surface area contributed by atoms with Gasteiger partial charge in [-0.3, -0.25) is 14.4 Å². The van der Waals surface area contributed by atoms with E-state index >= 15 is 0 Å². The van der Waals surface area contributed by atoms with Gasteiger partial charge in [-0.05, 0) is 49.6 Å². The van der Waals surface area contributed by atoms with Gasteiger partial charge < -0.3 is 20.4 Å². The van der Waals surface area contributed by atoms with Crippen molar-refractivity contribution >= 4 is 29.1 Å². The summed E-state index contributed by atoms with van der Waals surface area (Å²) in [6.07, 6.45) is 3.87. The molecule has 0 bridgehead atoms. The Morgan fingerprint density at radius 1 is 1.33 bits per heavy atom. The lowest BCUT2D eigenvalue weighted by Crippen LogP contribution is -2.48. The predicted octanol–water partition coefficient (Wildman–Crippen LogP) is 0.927. The predicted molar refractivity (Wildman–Crippen MR) is 105 cm³/mol. The van der Waals surface area contributed by atoms with Crippen LogP contribution in [0.25, 0.3) is 0 Å². The number of rotatable bonds is 6. The van der Waals surface area contributed by atoms with E-state index < -0.39 is 0 Å². The minimum absolute atomic E-state index is 0.0316. The Kier molecular flexibility index (Phi) is 6.84. The van der Waals surface area contributed by atoms with Crippen molar-refractivity contribution in [3.8, 4) is 0 Å². The summed E-state index contributed by atoms with van der Waals surface area (Å²) in [5.41, 5.74) is 0. The number of nitrogens with one attached hydrogen (secondary N) is 2. The number of amides is 3. The molecule has 2 fully saturated rings. The molecular weight excluding hydrogens is 364 g/mol. The molecule has 7 nitrogen and oxygen atoms in total. The van der Waals surface area contributed by atoms with Crippen LogP contribution in [0.4, 0.5) is 0 Å². The van der Waals surface area contributed by atoms with Crippen LogP contribution in [0.15, 0.2) is 17.5 Å². The standard InChI is InChI=1S/C19H28N4O3S/c1-22(19(26)16-7-4-10-27-16)13-17(24)23-9-3-5-14(12-23)11-21-18(25)15-6-2-8-20-15/h4,7,10,14-15,20H,2-3,5-6,8-9,11-13H2,1H3,(H,21,25). The maximum Gasteiger partial charge on any atom is 0.264 e. The Labute approximate surface area is 164 Å². The lowest BCUT2D eigenvalue weighted by Gasteiger charge is -2.34. The summed E-state index contributed by atoms with van der Waals surface area (Å²) < 4.78 is 0. The molecule has 2 saturated heterocycles. The second-order valence-electron chi connectivity index (χ2n) is 7.38. The van der Waals surface area contributed by atoms with E-state index in [-0.39, 0.29) is 36.2 Å². The molecule has 0 spiro atoms. The van der Waals surface area contributed by atoms with Crippen LogP contribution in [0, 0.1) is 5.92 Å². The van der Waals surface area contributed by atoms with Crippen LogP contribution in [0.5, 0.6) is 0 Å². The van der Waals surface area contributed by atoms with Crippen LogP contribution in [0.2, 0.25) is 0 Å². The van der Waals surface area contributed by atoms with Crippen LogP contribution in [-0.2, 0) is 9.59 Å². The van der Waals surface area contributed by atoms with Gasteiger partial charge in [0.05, 0.1) is 17.5 Å². The van der Waals surface area contributed by atoms with Crippen LogP contribution in [0.1, 0.15) is 35.4 Å². The molecule has 3 heterocycles. The fourth-order valence-electron chi connectivity index (χ4n) is 3.70. The fourth-order valence-corrected chi connectivity index (χ4v) is 4.42. The van der Waals surface area contributed by atoms with Crippen molar-refractivity contribution in [1.82, 2.24) is 20.4 Å². The topological polar surface area (TPSA) is 81.8 Å². The normalized spacial score (nSPS) is 22.5. The van der Waals surface area contributed by atoms with Crippen molar-refractivity contribution in [2.24, 2.45) is 5.92 Å². The Hall–Kier alpha value is -1.93. The zero-order chi connectivity index (χ0) is 19.2. The molecular formula is C19H28N4O3S. The van der Waals surface area contributed by atoms with Gasteiger partial charge in [-0.25, -0.2) is 0 Å². The summed E-state index contributed by atoms with van der Waals surface area (Å²) in [6.45, 7) is 2.95. The van der Waals surface area contributed by atoms with Gasteiger partial charge in [-0.1, -0.05) is 6.07 Å².